The molecule has 0 aromatic rings. The molecule has 1 heterocycles. The maximum absolute atomic E-state index is 12.4. The van der Waals surface area contributed by atoms with Crippen LogP contribution in [-0.4, -0.2) is 29.6 Å². The van der Waals surface area contributed by atoms with Crippen molar-refractivity contribution in [3.05, 3.63) is 0 Å². The molecule has 1 atom stereocenters. The molecule has 16 heavy (non-hydrogen) atoms. The maximum atomic E-state index is 12.4. The molecule has 1 unspecified atom stereocenters. The Hall–Kier alpha value is -0.740. The second-order valence-corrected chi connectivity index (χ2v) is 4.75. The second-order valence-electron chi connectivity index (χ2n) is 4.75. The van der Waals surface area contributed by atoms with Crippen LogP contribution in [0.2, 0.25) is 0 Å². The number of likely N-dealkylation sites (tertiary alicyclic amines) is 1. The van der Waals surface area contributed by atoms with E-state index in [1.807, 2.05) is 0 Å². The first-order valence-electron chi connectivity index (χ1n) is 5.88. The predicted octanol–water partition coefficient (Wildman–Crippen LogP) is 2.73. The predicted molar refractivity (Wildman–Crippen MR) is 52.7 cm³/mol. The van der Waals surface area contributed by atoms with Crippen molar-refractivity contribution in [2.75, 3.05) is 6.54 Å². The number of alkyl halides is 3. The van der Waals surface area contributed by atoms with E-state index in [9.17, 15) is 18.0 Å². The summed E-state index contributed by atoms with van der Waals surface area (Å²) < 4.78 is 37.1. The third-order valence-electron chi connectivity index (χ3n) is 3.75. The van der Waals surface area contributed by atoms with Crippen LogP contribution in [-0.2, 0) is 4.79 Å². The minimum Gasteiger partial charge on any atom is -0.332 e. The SMILES string of the molecule is O=C(N1CCCC1C1CCCC1)C(F)(F)F. The Morgan fingerprint density at radius 3 is 2.25 bits per heavy atom. The van der Waals surface area contributed by atoms with Crippen molar-refractivity contribution < 1.29 is 18.0 Å². The Labute approximate surface area is 92.8 Å². The van der Waals surface area contributed by atoms with Crippen LogP contribution in [0.15, 0.2) is 0 Å². The standard InChI is InChI=1S/C11H16F3NO/c12-11(13,14)10(16)15-7-3-6-9(15)8-4-1-2-5-8/h8-9H,1-7H2. The van der Waals surface area contributed by atoms with E-state index < -0.39 is 12.1 Å². The van der Waals surface area contributed by atoms with E-state index in [2.05, 4.69) is 0 Å². The van der Waals surface area contributed by atoms with Gasteiger partial charge in [0.2, 0.25) is 0 Å². The summed E-state index contributed by atoms with van der Waals surface area (Å²) in [6.07, 6.45) is 0.889. The number of carbonyl (C=O) groups excluding carboxylic acids is 1. The molecule has 0 aromatic heterocycles. The number of carbonyl (C=O) groups is 1. The van der Waals surface area contributed by atoms with Crippen molar-refractivity contribution in [3.63, 3.8) is 0 Å². The molecular weight excluding hydrogens is 219 g/mol. The van der Waals surface area contributed by atoms with E-state index in [4.69, 9.17) is 0 Å². The molecule has 1 aliphatic heterocycles. The maximum Gasteiger partial charge on any atom is 0.471 e. The average molecular weight is 235 g/mol. The van der Waals surface area contributed by atoms with Gasteiger partial charge in [-0.1, -0.05) is 12.8 Å². The third-order valence-corrected chi connectivity index (χ3v) is 3.75. The quantitative estimate of drug-likeness (QED) is 0.684. The van der Waals surface area contributed by atoms with Gasteiger partial charge in [0.1, 0.15) is 0 Å². The van der Waals surface area contributed by atoms with E-state index in [1.54, 1.807) is 0 Å². The first-order chi connectivity index (χ1) is 7.50. The first kappa shape index (κ1) is 11.7. The molecule has 0 spiro atoms. The van der Waals surface area contributed by atoms with Gasteiger partial charge in [-0.25, -0.2) is 0 Å². The summed E-state index contributed by atoms with van der Waals surface area (Å²) in [6.45, 7) is 0.277. The molecule has 1 aliphatic carbocycles. The zero-order valence-corrected chi connectivity index (χ0v) is 9.09. The van der Waals surface area contributed by atoms with Gasteiger partial charge >= 0.3 is 12.1 Å². The topological polar surface area (TPSA) is 20.3 Å². The van der Waals surface area contributed by atoms with Crippen LogP contribution < -0.4 is 0 Å². The lowest BCUT2D eigenvalue weighted by Gasteiger charge is -2.29. The summed E-state index contributed by atoms with van der Waals surface area (Å²) in [5.74, 6) is -1.34. The summed E-state index contributed by atoms with van der Waals surface area (Å²) in [4.78, 5) is 12.3. The molecule has 0 bridgehead atoms. The molecular formula is C11H16F3NO. The summed E-state index contributed by atoms with van der Waals surface area (Å²) in [5.41, 5.74) is 0. The van der Waals surface area contributed by atoms with Gasteiger partial charge in [0, 0.05) is 12.6 Å². The molecule has 2 rings (SSSR count). The van der Waals surface area contributed by atoms with Crippen LogP contribution in [0.1, 0.15) is 38.5 Å². The Balaban J connectivity index is 2.05. The molecule has 0 aromatic carbocycles. The second kappa shape index (κ2) is 4.26. The Bertz CT molecular complexity index is 271. The van der Waals surface area contributed by atoms with Crippen molar-refractivity contribution in [1.29, 1.82) is 0 Å². The van der Waals surface area contributed by atoms with Crippen LogP contribution in [0.4, 0.5) is 13.2 Å². The fraction of sp³-hybridized carbons (Fsp3) is 0.909. The highest BCUT2D eigenvalue weighted by atomic mass is 19.4. The highest BCUT2D eigenvalue weighted by Crippen LogP contribution is 2.37. The summed E-state index contributed by atoms with van der Waals surface area (Å²) in [5, 5.41) is 0. The molecule has 0 radical (unpaired) electrons. The fourth-order valence-corrected chi connectivity index (χ4v) is 3.04. The minimum absolute atomic E-state index is 0.156. The number of amides is 1. The lowest BCUT2D eigenvalue weighted by Crippen LogP contribution is -2.46. The number of nitrogens with zero attached hydrogens (tertiary/aromatic N) is 1. The molecule has 2 nitrogen and oxygen atoms in total. The van der Waals surface area contributed by atoms with Crippen molar-refractivity contribution >= 4 is 5.91 Å². The highest BCUT2D eigenvalue weighted by Gasteiger charge is 2.47. The Morgan fingerprint density at radius 2 is 1.69 bits per heavy atom. The lowest BCUT2D eigenvalue weighted by molar-refractivity contribution is -0.187. The van der Waals surface area contributed by atoms with Gasteiger partial charge in [0.25, 0.3) is 0 Å². The molecule has 2 aliphatic rings. The Morgan fingerprint density at radius 1 is 1.06 bits per heavy atom. The van der Waals surface area contributed by atoms with Crippen LogP contribution in [0.5, 0.6) is 0 Å². The zero-order chi connectivity index (χ0) is 11.8. The van der Waals surface area contributed by atoms with E-state index >= 15 is 0 Å². The third kappa shape index (κ3) is 2.18. The molecule has 92 valence electrons. The van der Waals surface area contributed by atoms with Gasteiger partial charge in [-0.15, -0.1) is 0 Å². The van der Waals surface area contributed by atoms with E-state index in [0.717, 1.165) is 37.0 Å². The summed E-state index contributed by atoms with van der Waals surface area (Å²) in [6, 6.07) is -0.156. The minimum atomic E-state index is -4.71. The van der Waals surface area contributed by atoms with Gasteiger partial charge in [-0.05, 0) is 31.6 Å². The molecule has 0 N–H and O–H groups in total. The molecule has 2 fully saturated rings. The normalized spacial score (nSPS) is 27.7. The number of hydrogen-bond acceptors (Lipinski definition) is 1. The van der Waals surface area contributed by atoms with E-state index in [-0.39, 0.29) is 12.6 Å². The van der Waals surface area contributed by atoms with Crippen molar-refractivity contribution in [3.8, 4) is 0 Å². The van der Waals surface area contributed by atoms with Gasteiger partial charge in [0.05, 0.1) is 0 Å². The smallest absolute Gasteiger partial charge is 0.332 e. The van der Waals surface area contributed by atoms with Gasteiger partial charge in [0.15, 0.2) is 0 Å². The van der Waals surface area contributed by atoms with E-state index in [1.165, 1.54) is 0 Å². The first-order valence-corrected chi connectivity index (χ1v) is 5.88. The molecule has 5 heteroatoms. The van der Waals surface area contributed by atoms with Gasteiger partial charge < -0.3 is 4.90 Å². The number of hydrogen-bond donors (Lipinski definition) is 0. The van der Waals surface area contributed by atoms with Crippen molar-refractivity contribution in [1.82, 2.24) is 4.90 Å². The van der Waals surface area contributed by atoms with Crippen LogP contribution >= 0.6 is 0 Å². The van der Waals surface area contributed by atoms with Crippen molar-refractivity contribution in [2.45, 2.75) is 50.7 Å². The van der Waals surface area contributed by atoms with Gasteiger partial charge in [-0.2, -0.15) is 13.2 Å². The Kier molecular flexibility index (Phi) is 3.13. The van der Waals surface area contributed by atoms with E-state index in [0.29, 0.717) is 12.3 Å². The monoisotopic (exact) mass is 235 g/mol. The lowest BCUT2D eigenvalue weighted by atomic mass is 9.96. The largest absolute Gasteiger partial charge is 0.471 e. The molecule has 1 amide bonds. The van der Waals surface area contributed by atoms with Crippen LogP contribution in [0.25, 0.3) is 0 Å². The number of rotatable bonds is 1. The summed E-state index contributed by atoms with van der Waals surface area (Å²) >= 11 is 0. The van der Waals surface area contributed by atoms with Crippen LogP contribution in [0, 0.1) is 5.92 Å². The molecule has 1 saturated carbocycles. The van der Waals surface area contributed by atoms with Crippen molar-refractivity contribution in [2.24, 2.45) is 5.92 Å². The summed E-state index contributed by atoms with van der Waals surface area (Å²) in [7, 11) is 0. The average Bonchev–Trinajstić information content (AvgIpc) is 2.85. The number of halogens is 3. The van der Waals surface area contributed by atoms with Crippen LogP contribution in [0.3, 0.4) is 0 Å². The molecule has 1 saturated heterocycles. The highest BCUT2D eigenvalue weighted by molar-refractivity contribution is 5.82. The van der Waals surface area contributed by atoms with Gasteiger partial charge in [-0.3, -0.25) is 4.79 Å². The fourth-order valence-electron chi connectivity index (χ4n) is 3.04. The zero-order valence-electron chi connectivity index (χ0n) is 9.09.